The molecule has 0 fully saturated rings. The summed E-state index contributed by atoms with van der Waals surface area (Å²) in [6.45, 7) is 8.17. The van der Waals surface area contributed by atoms with Crippen molar-refractivity contribution < 1.29 is 0 Å². The number of nitrogens with zero attached hydrogens (tertiary/aromatic N) is 1. The molecular weight excluding hydrogens is 218 g/mol. The van der Waals surface area contributed by atoms with Gasteiger partial charge in [-0.05, 0) is 38.8 Å². The molecule has 0 saturated carbocycles. The van der Waals surface area contributed by atoms with Crippen molar-refractivity contribution in [3.05, 3.63) is 12.7 Å². The monoisotopic (exact) mass is 241 g/mol. The Balaban J connectivity index is 2.20. The number of amidine groups is 1. The predicted octanol–water partition coefficient (Wildman–Crippen LogP) is 2.14. The summed E-state index contributed by atoms with van der Waals surface area (Å²) >= 11 is 1.70. The number of nitrogens with one attached hydrogen (secondary N) is 1. The van der Waals surface area contributed by atoms with Gasteiger partial charge in [0.15, 0.2) is 5.17 Å². The van der Waals surface area contributed by atoms with Crippen molar-refractivity contribution in [3.63, 3.8) is 0 Å². The summed E-state index contributed by atoms with van der Waals surface area (Å²) < 4.78 is 0. The summed E-state index contributed by atoms with van der Waals surface area (Å²) in [5, 5.41) is 4.68. The van der Waals surface area contributed by atoms with E-state index in [-0.39, 0.29) is 0 Å². The van der Waals surface area contributed by atoms with Gasteiger partial charge >= 0.3 is 0 Å². The van der Waals surface area contributed by atoms with Gasteiger partial charge in [-0.25, -0.2) is 0 Å². The van der Waals surface area contributed by atoms with E-state index in [1.165, 1.54) is 12.8 Å². The molecule has 0 bridgehead atoms. The van der Waals surface area contributed by atoms with Gasteiger partial charge in [-0.3, -0.25) is 4.99 Å². The van der Waals surface area contributed by atoms with Crippen molar-refractivity contribution in [2.45, 2.75) is 43.9 Å². The second-order valence-corrected chi connectivity index (χ2v) is 5.37. The van der Waals surface area contributed by atoms with Crippen LogP contribution in [-0.2, 0) is 0 Å². The molecule has 0 aromatic heterocycles. The van der Waals surface area contributed by atoms with Crippen LogP contribution in [0.1, 0.15) is 32.6 Å². The topological polar surface area (TPSA) is 50.4 Å². The molecule has 2 unspecified atom stereocenters. The van der Waals surface area contributed by atoms with Crippen LogP contribution in [0, 0.1) is 0 Å². The lowest BCUT2D eigenvalue weighted by atomic mass is 10.1. The van der Waals surface area contributed by atoms with Crippen LogP contribution in [0.4, 0.5) is 0 Å². The number of aliphatic imine (C=N–C) groups is 1. The Morgan fingerprint density at radius 1 is 1.56 bits per heavy atom. The van der Waals surface area contributed by atoms with Gasteiger partial charge in [-0.1, -0.05) is 24.8 Å². The molecule has 92 valence electrons. The smallest absolute Gasteiger partial charge is 0.154 e. The molecule has 0 amide bonds. The van der Waals surface area contributed by atoms with E-state index in [2.05, 4.69) is 23.8 Å². The first-order valence-electron chi connectivity index (χ1n) is 6.09. The lowest BCUT2D eigenvalue weighted by molar-refractivity contribution is 0.542. The molecule has 2 atom stereocenters. The van der Waals surface area contributed by atoms with Crippen molar-refractivity contribution >= 4 is 16.9 Å². The third-order valence-corrected chi connectivity index (χ3v) is 3.83. The minimum atomic E-state index is 0.395. The highest BCUT2D eigenvalue weighted by Crippen LogP contribution is 2.30. The molecule has 0 aliphatic carbocycles. The normalized spacial score (nSPS) is 24.4. The van der Waals surface area contributed by atoms with Crippen LogP contribution in [0.25, 0.3) is 0 Å². The molecule has 0 radical (unpaired) electrons. The van der Waals surface area contributed by atoms with Gasteiger partial charge in [0.1, 0.15) is 0 Å². The average molecular weight is 241 g/mol. The number of allylic oxidation sites excluding steroid dienone is 1. The molecule has 0 spiro atoms. The van der Waals surface area contributed by atoms with Crippen LogP contribution in [0.3, 0.4) is 0 Å². The average Bonchev–Trinajstić information content (AvgIpc) is 2.59. The molecule has 0 aromatic rings. The number of hydrogen-bond donors (Lipinski definition) is 2. The molecule has 3 nitrogen and oxygen atoms in total. The van der Waals surface area contributed by atoms with Crippen LogP contribution in [0.15, 0.2) is 17.6 Å². The molecule has 1 aliphatic rings. The molecule has 0 saturated heterocycles. The third-order valence-electron chi connectivity index (χ3n) is 2.67. The number of hydrogen-bond acceptors (Lipinski definition) is 4. The summed E-state index contributed by atoms with van der Waals surface area (Å²) in [4.78, 5) is 4.49. The third kappa shape index (κ3) is 4.58. The van der Waals surface area contributed by atoms with Crippen molar-refractivity contribution in [3.8, 4) is 0 Å². The van der Waals surface area contributed by atoms with Gasteiger partial charge in [0.25, 0.3) is 0 Å². The molecule has 1 rings (SSSR count). The van der Waals surface area contributed by atoms with Crippen LogP contribution < -0.4 is 11.1 Å². The van der Waals surface area contributed by atoms with E-state index in [4.69, 9.17) is 5.73 Å². The number of thioether (sulfide) groups is 1. The van der Waals surface area contributed by atoms with Crippen LogP contribution in [0.5, 0.6) is 0 Å². The van der Waals surface area contributed by atoms with E-state index in [1.807, 2.05) is 6.08 Å². The molecule has 4 heteroatoms. The zero-order chi connectivity index (χ0) is 11.8. The fourth-order valence-electron chi connectivity index (χ4n) is 1.87. The molecule has 16 heavy (non-hydrogen) atoms. The molecule has 0 aromatic carbocycles. The molecule has 1 heterocycles. The van der Waals surface area contributed by atoms with Gasteiger partial charge in [0, 0.05) is 5.25 Å². The van der Waals surface area contributed by atoms with Crippen LogP contribution in [0.2, 0.25) is 0 Å². The van der Waals surface area contributed by atoms with E-state index in [9.17, 15) is 0 Å². The fraction of sp³-hybridized carbons (Fsp3) is 0.750. The zero-order valence-electron chi connectivity index (χ0n) is 10.1. The Kier molecular flexibility index (Phi) is 6.57. The standard InChI is InChI=1S/C12H23N3S/c1-3-6-11-10(15-12(13)16-11)7-5-9-14-8-4-2/h3,10-11,14H,1,4-9H2,2H3,(H2,13,15). The summed E-state index contributed by atoms with van der Waals surface area (Å²) in [7, 11) is 0. The van der Waals surface area contributed by atoms with Gasteiger partial charge in [0.05, 0.1) is 6.04 Å². The highest BCUT2D eigenvalue weighted by atomic mass is 32.2. The van der Waals surface area contributed by atoms with Gasteiger partial charge in [-0.15, -0.1) is 6.58 Å². The maximum absolute atomic E-state index is 5.76. The van der Waals surface area contributed by atoms with Crippen LogP contribution >= 0.6 is 11.8 Å². The van der Waals surface area contributed by atoms with Gasteiger partial charge in [-0.2, -0.15) is 0 Å². The number of rotatable bonds is 8. The highest BCUT2D eigenvalue weighted by Gasteiger charge is 2.27. The zero-order valence-corrected chi connectivity index (χ0v) is 10.9. The predicted molar refractivity (Wildman–Crippen MR) is 74.0 cm³/mol. The lowest BCUT2D eigenvalue weighted by Gasteiger charge is -2.14. The Hall–Kier alpha value is -0.480. The van der Waals surface area contributed by atoms with Gasteiger partial charge in [0.2, 0.25) is 0 Å². The SMILES string of the molecule is C=CCC1SC(N)=NC1CCCNCCC. The lowest BCUT2D eigenvalue weighted by Crippen LogP contribution is -2.21. The second kappa shape index (κ2) is 7.74. The minimum absolute atomic E-state index is 0.395. The van der Waals surface area contributed by atoms with E-state index >= 15 is 0 Å². The van der Waals surface area contributed by atoms with Crippen molar-refractivity contribution in [2.24, 2.45) is 10.7 Å². The summed E-state index contributed by atoms with van der Waals surface area (Å²) in [6, 6.07) is 0.395. The van der Waals surface area contributed by atoms with E-state index < -0.39 is 0 Å². The quantitative estimate of drug-likeness (QED) is 0.506. The van der Waals surface area contributed by atoms with E-state index in [0.717, 1.165) is 31.1 Å². The fourth-order valence-corrected chi connectivity index (χ4v) is 2.96. The summed E-state index contributed by atoms with van der Waals surface area (Å²) in [6.07, 6.45) is 6.47. The van der Waals surface area contributed by atoms with Crippen molar-refractivity contribution in [1.29, 1.82) is 0 Å². The first kappa shape index (κ1) is 13.6. The largest absolute Gasteiger partial charge is 0.379 e. The minimum Gasteiger partial charge on any atom is -0.379 e. The van der Waals surface area contributed by atoms with Crippen molar-refractivity contribution in [2.75, 3.05) is 13.1 Å². The first-order chi connectivity index (χ1) is 7.77. The van der Waals surface area contributed by atoms with Crippen LogP contribution in [-0.4, -0.2) is 29.5 Å². The van der Waals surface area contributed by atoms with E-state index in [1.54, 1.807) is 11.8 Å². The maximum atomic E-state index is 5.76. The van der Waals surface area contributed by atoms with Gasteiger partial charge < -0.3 is 11.1 Å². The molecule has 1 aliphatic heterocycles. The second-order valence-electron chi connectivity index (χ2n) is 4.11. The Bertz CT molecular complexity index is 240. The van der Waals surface area contributed by atoms with Crippen molar-refractivity contribution in [1.82, 2.24) is 5.32 Å². The molecular formula is C12H23N3S. The summed E-state index contributed by atoms with van der Waals surface area (Å²) in [5.41, 5.74) is 5.76. The highest BCUT2D eigenvalue weighted by molar-refractivity contribution is 8.14. The first-order valence-corrected chi connectivity index (χ1v) is 6.97. The Morgan fingerprint density at radius 2 is 2.38 bits per heavy atom. The number of nitrogens with two attached hydrogens (primary N) is 1. The Labute approximate surface area is 103 Å². The summed E-state index contributed by atoms with van der Waals surface area (Å²) in [5.74, 6) is 0. The van der Waals surface area contributed by atoms with E-state index in [0.29, 0.717) is 11.3 Å². The molecule has 3 N–H and O–H groups in total. The Morgan fingerprint density at radius 3 is 3.06 bits per heavy atom. The maximum Gasteiger partial charge on any atom is 0.154 e.